The molecule has 118 valence electrons. The second-order valence-electron chi connectivity index (χ2n) is 6.84. The fourth-order valence-electron chi connectivity index (χ4n) is 3.51. The van der Waals surface area contributed by atoms with E-state index in [9.17, 15) is 5.11 Å². The zero-order valence-electron chi connectivity index (χ0n) is 13.9. The van der Waals surface area contributed by atoms with Gasteiger partial charge in [0.15, 0.2) is 0 Å². The standard InChI is InChI=1S/C18H30N2O/c1-14(2)17(18(21)15-9-6-5-7-10-15)20-12-8-11-16(13-20)19(3)4/h5-7,9-10,14,16-18,21H,8,11-13H2,1-4H3. The number of benzene rings is 1. The van der Waals surface area contributed by atoms with E-state index in [2.05, 4.69) is 37.7 Å². The average Bonchev–Trinajstić information content (AvgIpc) is 2.48. The summed E-state index contributed by atoms with van der Waals surface area (Å²) < 4.78 is 0. The van der Waals surface area contributed by atoms with Gasteiger partial charge in [-0.2, -0.15) is 0 Å². The predicted octanol–water partition coefficient (Wildman–Crippen LogP) is 2.77. The van der Waals surface area contributed by atoms with Gasteiger partial charge in [-0.3, -0.25) is 4.90 Å². The van der Waals surface area contributed by atoms with Crippen molar-refractivity contribution >= 4 is 0 Å². The van der Waals surface area contributed by atoms with Crippen molar-refractivity contribution in [3.8, 4) is 0 Å². The van der Waals surface area contributed by atoms with Crippen molar-refractivity contribution < 1.29 is 5.11 Å². The van der Waals surface area contributed by atoms with E-state index >= 15 is 0 Å². The van der Waals surface area contributed by atoms with Crippen molar-refractivity contribution in [1.82, 2.24) is 9.80 Å². The Balaban J connectivity index is 2.15. The lowest BCUT2D eigenvalue weighted by Crippen LogP contribution is -2.52. The third-order valence-corrected chi connectivity index (χ3v) is 4.73. The maximum atomic E-state index is 10.9. The second-order valence-corrected chi connectivity index (χ2v) is 6.84. The Hall–Kier alpha value is -0.900. The molecule has 3 atom stereocenters. The van der Waals surface area contributed by atoms with Gasteiger partial charge in [-0.1, -0.05) is 44.2 Å². The van der Waals surface area contributed by atoms with Crippen LogP contribution in [0.2, 0.25) is 0 Å². The normalized spacial score (nSPS) is 23.5. The third kappa shape index (κ3) is 4.06. The van der Waals surface area contributed by atoms with E-state index in [4.69, 9.17) is 0 Å². The molecule has 21 heavy (non-hydrogen) atoms. The molecule has 1 aromatic carbocycles. The molecule has 1 heterocycles. The number of likely N-dealkylation sites (N-methyl/N-ethyl adjacent to an activating group) is 1. The van der Waals surface area contributed by atoms with Gasteiger partial charge in [-0.15, -0.1) is 0 Å². The minimum atomic E-state index is -0.410. The first-order chi connectivity index (χ1) is 10.0. The molecule has 1 aliphatic heterocycles. The van der Waals surface area contributed by atoms with E-state index < -0.39 is 6.10 Å². The van der Waals surface area contributed by atoms with Gasteiger partial charge in [0.25, 0.3) is 0 Å². The molecule has 3 heteroatoms. The predicted molar refractivity (Wildman–Crippen MR) is 88.3 cm³/mol. The van der Waals surface area contributed by atoms with Crippen LogP contribution in [0, 0.1) is 5.92 Å². The highest BCUT2D eigenvalue weighted by molar-refractivity contribution is 5.19. The van der Waals surface area contributed by atoms with Crippen molar-refractivity contribution in [3.05, 3.63) is 35.9 Å². The summed E-state index contributed by atoms with van der Waals surface area (Å²) in [5, 5.41) is 10.9. The number of nitrogens with zero attached hydrogens (tertiary/aromatic N) is 2. The SMILES string of the molecule is CC(C)C(C(O)c1ccccc1)N1CCCC(N(C)C)C1. The summed E-state index contributed by atoms with van der Waals surface area (Å²) in [6, 6.07) is 10.9. The van der Waals surface area contributed by atoms with Gasteiger partial charge < -0.3 is 10.0 Å². The lowest BCUT2D eigenvalue weighted by Gasteiger charge is -2.43. The third-order valence-electron chi connectivity index (χ3n) is 4.73. The summed E-state index contributed by atoms with van der Waals surface area (Å²) in [4.78, 5) is 4.81. The lowest BCUT2D eigenvalue weighted by molar-refractivity contribution is -0.00466. The van der Waals surface area contributed by atoms with Gasteiger partial charge in [0, 0.05) is 18.6 Å². The van der Waals surface area contributed by atoms with E-state index in [1.165, 1.54) is 12.8 Å². The molecule has 0 spiro atoms. The molecular formula is C18H30N2O. The van der Waals surface area contributed by atoms with Crippen molar-refractivity contribution in [2.24, 2.45) is 5.92 Å². The maximum absolute atomic E-state index is 10.9. The number of hydrogen-bond donors (Lipinski definition) is 1. The first-order valence-electron chi connectivity index (χ1n) is 8.14. The number of hydrogen-bond acceptors (Lipinski definition) is 3. The lowest BCUT2D eigenvalue weighted by atomic mass is 9.89. The molecule has 0 amide bonds. The van der Waals surface area contributed by atoms with Crippen LogP contribution >= 0.6 is 0 Å². The Morgan fingerprint density at radius 1 is 1.19 bits per heavy atom. The average molecular weight is 290 g/mol. The minimum Gasteiger partial charge on any atom is -0.387 e. The molecule has 1 aromatic rings. The summed E-state index contributed by atoms with van der Waals surface area (Å²) in [6.07, 6.45) is 2.07. The van der Waals surface area contributed by atoms with Gasteiger partial charge in [0.05, 0.1) is 6.10 Å². The molecule has 0 aromatic heterocycles. The second kappa shape index (κ2) is 7.39. The maximum Gasteiger partial charge on any atom is 0.0947 e. The van der Waals surface area contributed by atoms with E-state index in [1.54, 1.807) is 0 Å². The summed E-state index contributed by atoms with van der Waals surface area (Å²) >= 11 is 0. The molecule has 0 bridgehead atoms. The molecule has 0 saturated carbocycles. The molecule has 3 unspecified atom stereocenters. The molecule has 1 fully saturated rings. The first kappa shape index (κ1) is 16.5. The van der Waals surface area contributed by atoms with E-state index in [0.29, 0.717) is 12.0 Å². The monoisotopic (exact) mass is 290 g/mol. The molecule has 3 nitrogen and oxygen atoms in total. The molecule has 1 saturated heterocycles. The van der Waals surface area contributed by atoms with Crippen molar-refractivity contribution in [1.29, 1.82) is 0 Å². The van der Waals surface area contributed by atoms with Crippen LogP contribution < -0.4 is 0 Å². The fraction of sp³-hybridized carbons (Fsp3) is 0.667. The van der Waals surface area contributed by atoms with Crippen LogP contribution in [0.25, 0.3) is 0 Å². The smallest absolute Gasteiger partial charge is 0.0947 e. The number of likely N-dealkylation sites (tertiary alicyclic amines) is 1. The summed E-state index contributed by atoms with van der Waals surface area (Å²) in [6.45, 7) is 6.59. The summed E-state index contributed by atoms with van der Waals surface area (Å²) in [7, 11) is 4.32. The zero-order chi connectivity index (χ0) is 15.4. The van der Waals surface area contributed by atoms with Crippen LogP contribution in [0.5, 0.6) is 0 Å². The Labute approximate surface area is 129 Å². The van der Waals surface area contributed by atoms with Crippen LogP contribution in [-0.4, -0.2) is 54.2 Å². The first-order valence-corrected chi connectivity index (χ1v) is 8.14. The Morgan fingerprint density at radius 3 is 2.43 bits per heavy atom. The minimum absolute atomic E-state index is 0.190. The Morgan fingerprint density at radius 2 is 1.86 bits per heavy atom. The molecule has 1 aliphatic rings. The summed E-state index contributed by atoms with van der Waals surface area (Å²) in [5.74, 6) is 0.432. The Kier molecular flexibility index (Phi) is 5.80. The summed E-state index contributed by atoms with van der Waals surface area (Å²) in [5.41, 5.74) is 1.03. The van der Waals surface area contributed by atoms with E-state index in [0.717, 1.165) is 18.7 Å². The topological polar surface area (TPSA) is 26.7 Å². The molecule has 0 aliphatic carbocycles. The largest absolute Gasteiger partial charge is 0.387 e. The van der Waals surface area contributed by atoms with E-state index in [-0.39, 0.29) is 6.04 Å². The van der Waals surface area contributed by atoms with Crippen LogP contribution in [0.4, 0.5) is 0 Å². The number of aliphatic hydroxyl groups is 1. The highest BCUT2D eigenvalue weighted by Gasteiger charge is 2.33. The van der Waals surface area contributed by atoms with Crippen LogP contribution in [0.15, 0.2) is 30.3 Å². The molecule has 1 N–H and O–H groups in total. The molecule has 0 radical (unpaired) electrons. The van der Waals surface area contributed by atoms with Crippen molar-refractivity contribution in [3.63, 3.8) is 0 Å². The van der Waals surface area contributed by atoms with E-state index in [1.807, 2.05) is 30.3 Å². The highest BCUT2D eigenvalue weighted by atomic mass is 16.3. The molecule has 2 rings (SSSR count). The molecular weight excluding hydrogens is 260 g/mol. The fourth-order valence-corrected chi connectivity index (χ4v) is 3.51. The highest BCUT2D eigenvalue weighted by Crippen LogP contribution is 2.29. The zero-order valence-corrected chi connectivity index (χ0v) is 13.9. The van der Waals surface area contributed by atoms with Crippen LogP contribution in [0.3, 0.4) is 0 Å². The van der Waals surface area contributed by atoms with Gasteiger partial charge in [-0.05, 0) is 45.0 Å². The van der Waals surface area contributed by atoms with Crippen LogP contribution in [0.1, 0.15) is 38.4 Å². The van der Waals surface area contributed by atoms with Gasteiger partial charge in [-0.25, -0.2) is 0 Å². The number of rotatable bonds is 5. The van der Waals surface area contributed by atoms with Gasteiger partial charge in [0.1, 0.15) is 0 Å². The quantitative estimate of drug-likeness (QED) is 0.903. The number of piperidine rings is 1. The van der Waals surface area contributed by atoms with Crippen LogP contribution in [-0.2, 0) is 0 Å². The van der Waals surface area contributed by atoms with Crippen molar-refractivity contribution in [2.75, 3.05) is 27.2 Å². The van der Waals surface area contributed by atoms with Gasteiger partial charge in [0.2, 0.25) is 0 Å². The number of aliphatic hydroxyl groups excluding tert-OH is 1. The van der Waals surface area contributed by atoms with Crippen molar-refractivity contribution in [2.45, 2.75) is 44.9 Å². The Bertz CT molecular complexity index is 418. The van der Waals surface area contributed by atoms with Gasteiger partial charge >= 0.3 is 0 Å².